The van der Waals surface area contributed by atoms with Crippen molar-refractivity contribution in [2.75, 3.05) is 0 Å². The van der Waals surface area contributed by atoms with E-state index in [9.17, 15) is 17.4 Å². The van der Waals surface area contributed by atoms with E-state index in [0.29, 0.717) is 17.4 Å². The van der Waals surface area contributed by atoms with Gasteiger partial charge in [0, 0.05) is 5.38 Å². The first-order valence-electron chi connectivity index (χ1n) is 2.68. The van der Waals surface area contributed by atoms with Gasteiger partial charge in [0.15, 0.2) is 11.1 Å². The van der Waals surface area contributed by atoms with Crippen LogP contribution in [0, 0.1) is 0 Å². The molecule has 0 aromatic carbocycles. The van der Waals surface area contributed by atoms with Crippen LogP contribution in [-0.2, 0) is 17.3 Å². The van der Waals surface area contributed by atoms with E-state index in [2.05, 4.69) is 0 Å². The van der Waals surface area contributed by atoms with Crippen molar-refractivity contribution >= 4 is 52.0 Å². The van der Waals surface area contributed by atoms with Gasteiger partial charge in [0.05, 0.1) is 5.56 Å². The molecule has 1 aromatic rings. The van der Waals surface area contributed by atoms with E-state index in [0.717, 1.165) is 5.38 Å². The zero-order valence-corrected chi connectivity index (χ0v) is 7.09. The van der Waals surface area contributed by atoms with Gasteiger partial charge in [-0.3, -0.25) is 0 Å². The van der Waals surface area contributed by atoms with Crippen LogP contribution >= 0.6 is 11.3 Å². The number of halogens is 3. The Morgan fingerprint density at radius 3 is 2.23 bits per heavy atom. The average molecular weight is 240 g/mol. The maximum atomic E-state index is 11.9. The number of hydrogen-bond donors (Lipinski definition) is 1. The number of hydrogen-bond acceptors (Lipinski definition) is 2. The summed E-state index contributed by atoms with van der Waals surface area (Å²) in [6.45, 7) is 0. The Balaban J connectivity index is 0.00000144. The summed E-state index contributed by atoms with van der Waals surface area (Å²) >= 11 is -1.71. The van der Waals surface area contributed by atoms with Crippen LogP contribution < -0.4 is 0 Å². The first-order chi connectivity index (χ1) is 5.41. The summed E-state index contributed by atoms with van der Waals surface area (Å²) < 4.78 is 54.2. The molecule has 0 saturated carbocycles. The molecule has 0 bridgehead atoms. The van der Waals surface area contributed by atoms with E-state index in [1.807, 2.05) is 0 Å². The van der Waals surface area contributed by atoms with Gasteiger partial charge in [-0.05, 0) is 6.07 Å². The molecule has 1 rings (SSSR count). The first kappa shape index (κ1) is 13.6. The molecule has 1 atom stereocenters. The van der Waals surface area contributed by atoms with Gasteiger partial charge >= 0.3 is 35.7 Å². The Morgan fingerprint density at radius 2 is 2.00 bits per heavy atom. The fraction of sp³-hybridized carbons (Fsp3) is 0.200. The van der Waals surface area contributed by atoms with Gasteiger partial charge in [-0.2, -0.15) is 13.2 Å². The van der Waals surface area contributed by atoms with Gasteiger partial charge in [0.25, 0.3) is 0 Å². The maximum absolute atomic E-state index is 11.9. The Kier molecular flexibility index (Phi) is 5.13. The Morgan fingerprint density at radius 1 is 1.46 bits per heavy atom. The van der Waals surface area contributed by atoms with Crippen molar-refractivity contribution in [1.29, 1.82) is 0 Å². The molecule has 0 aliphatic heterocycles. The minimum absolute atomic E-state index is 0. The van der Waals surface area contributed by atoms with Gasteiger partial charge in [-0.1, -0.05) is 0 Å². The zero-order valence-electron chi connectivity index (χ0n) is 5.46. The van der Waals surface area contributed by atoms with E-state index in [4.69, 9.17) is 4.55 Å². The van der Waals surface area contributed by atoms with Crippen LogP contribution in [0.3, 0.4) is 0 Å². The Labute approximate surface area is 101 Å². The van der Waals surface area contributed by atoms with Crippen LogP contribution in [-0.4, -0.2) is 38.3 Å². The number of rotatable bonds is 1. The van der Waals surface area contributed by atoms with Crippen molar-refractivity contribution in [1.82, 2.24) is 0 Å². The molecule has 1 heterocycles. The monoisotopic (exact) mass is 240 g/mol. The van der Waals surface area contributed by atoms with E-state index in [1.54, 1.807) is 0 Å². The van der Waals surface area contributed by atoms with Crippen molar-refractivity contribution in [3.05, 3.63) is 17.0 Å². The average Bonchev–Trinajstić information content (AvgIpc) is 2.30. The molecule has 0 spiro atoms. The fourth-order valence-corrected chi connectivity index (χ4v) is 1.90. The first-order valence-corrected chi connectivity index (χ1v) is 4.66. The predicted octanol–water partition coefficient (Wildman–Crippen LogP) is 1.70. The second kappa shape index (κ2) is 4.90. The molecule has 1 N–H and O–H groups in total. The molecule has 0 radical (unpaired) electrons. The third-order valence-electron chi connectivity index (χ3n) is 1.07. The summed E-state index contributed by atoms with van der Waals surface area (Å²) in [6.07, 6.45) is -4.44. The topological polar surface area (TPSA) is 37.3 Å². The molecule has 70 valence electrons. The summed E-state index contributed by atoms with van der Waals surface area (Å²) in [6, 6.07) is 0.667. The molecule has 0 aliphatic carbocycles. The molecule has 0 saturated heterocycles. The quantitative estimate of drug-likeness (QED) is 0.599. The van der Waals surface area contributed by atoms with Crippen molar-refractivity contribution in [2.45, 2.75) is 10.4 Å². The second-order valence-corrected chi connectivity index (χ2v) is 4.01. The minimum atomic E-state index is -4.44. The number of alkyl halides is 3. The third-order valence-corrected chi connectivity index (χ3v) is 2.98. The molecular weight excluding hydrogens is 236 g/mol. The van der Waals surface area contributed by atoms with E-state index >= 15 is 0 Å². The van der Waals surface area contributed by atoms with Crippen molar-refractivity contribution in [3.8, 4) is 0 Å². The summed E-state index contributed by atoms with van der Waals surface area (Å²) in [5.41, 5.74) is -0.884. The predicted molar refractivity (Wildman–Crippen MR) is 45.5 cm³/mol. The van der Waals surface area contributed by atoms with Crippen LogP contribution in [0.2, 0.25) is 0 Å². The van der Waals surface area contributed by atoms with Crippen LogP contribution in [0.5, 0.6) is 0 Å². The van der Waals surface area contributed by atoms with Gasteiger partial charge in [-0.25, -0.2) is 4.21 Å². The van der Waals surface area contributed by atoms with Crippen LogP contribution in [0.25, 0.3) is 0 Å². The Bertz CT molecular complexity index is 309. The standard InChI is InChI=1S/C5H3F3O2S2.Na.H/c6-5(7,8)3-1-4(11-2-3)12(9)10;;/h1-2H,(H,9,10);;. The van der Waals surface area contributed by atoms with Crippen molar-refractivity contribution in [3.63, 3.8) is 0 Å². The molecule has 2 nitrogen and oxygen atoms in total. The third kappa shape index (κ3) is 3.69. The van der Waals surface area contributed by atoms with Gasteiger partial charge < -0.3 is 4.55 Å². The van der Waals surface area contributed by atoms with Crippen molar-refractivity contribution < 1.29 is 21.9 Å². The van der Waals surface area contributed by atoms with E-state index in [1.165, 1.54) is 0 Å². The van der Waals surface area contributed by atoms with Crippen LogP contribution in [0.1, 0.15) is 5.56 Å². The molecule has 8 heteroatoms. The Hall–Kier alpha value is 0.600. The van der Waals surface area contributed by atoms with Crippen LogP contribution in [0.4, 0.5) is 13.2 Å². The molecule has 0 aliphatic rings. The second-order valence-electron chi connectivity index (χ2n) is 1.90. The molecule has 0 amide bonds. The zero-order chi connectivity index (χ0) is 9.35. The normalized spacial score (nSPS) is 13.5. The molecule has 0 fully saturated rings. The van der Waals surface area contributed by atoms with E-state index in [-0.39, 0.29) is 33.8 Å². The van der Waals surface area contributed by atoms with Crippen molar-refractivity contribution in [2.24, 2.45) is 0 Å². The summed E-state index contributed by atoms with van der Waals surface area (Å²) in [4.78, 5) is 0. The van der Waals surface area contributed by atoms with Gasteiger partial charge in [-0.15, -0.1) is 11.3 Å². The molecule has 1 unspecified atom stereocenters. The SMILES string of the molecule is O=S(O)c1cc(C(F)(F)F)cs1.[NaH]. The summed E-state index contributed by atoms with van der Waals surface area (Å²) in [5.74, 6) is 0. The molecule has 1 aromatic heterocycles. The summed E-state index contributed by atoms with van der Waals surface area (Å²) in [5, 5.41) is 0.809. The van der Waals surface area contributed by atoms with Crippen LogP contribution in [0.15, 0.2) is 15.7 Å². The van der Waals surface area contributed by atoms with E-state index < -0.39 is 22.8 Å². The van der Waals surface area contributed by atoms with Gasteiger partial charge in [0.2, 0.25) is 0 Å². The summed E-state index contributed by atoms with van der Waals surface area (Å²) in [7, 11) is 0. The fourth-order valence-electron chi connectivity index (χ4n) is 0.557. The molecular formula is C5H4F3NaO2S2. The number of thiophene rings is 1. The molecule has 13 heavy (non-hydrogen) atoms. The van der Waals surface area contributed by atoms with Gasteiger partial charge in [0.1, 0.15) is 4.21 Å².